The Kier molecular flexibility index (Phi) is 5.02. The lowest BCUT2D eigenvalue weighted by Crippen LogP contribution is -2.05. The van der Waals surface area contributed by atoms with Crippen molar-refractivity contribution in [1.82, 2.24) is 14.8 Å². The van der Waals surface area contributed by atoms with Crippen molar-refractivity contribution >= 4 is 34.9 Å². The molecule has 0 atom stereocenters. The second kappa shape index (κ2) is 7.59. The van der Waals surface area contributed by atoms with Gasteiger partial charge in [-0.2, -0.15) is 5.26 Å². The van der Waals surface area contributed by atoms with Gasteiger partial charge in [0.05, 0.1) is 10.0 Å². The fourth-order valence-electron chi connectivity index (χ4n) is 3.21. The molecule has 5 nitrogen and oxygen atoms in total. The van der Waals surface area contributed by atoms with Crippen LogP contribution in [0.1, 0.15) is 36.7 Å². The topological polar surface area (TPSA) is 67.6 Å². The summed E-state index contributed by atoms with van der Waals surface area (Å²) in [5.41, 5.74) is 1.25. The molecule has 4 rings (SSSR count). The number of benzene rings is 1. The highest BCUT2D eigenvalue weighted by Crippen LogP contribution is 2.30. The predicted molar refractivity (Wildman–Crippen MR) is 105 cm³/mol. The van der Waals surface area contributed by atoms with Gasteiger partial charge >= 0.3 is 0 Å². The van der Waals surface area contributed by atoms with E-state index < -0.39 is 0 Å². The Morgan fingerprint density at radius 1 is 1.11 bits per heavy atom. The molecule has 0 bridgehead atoms. The quantitative estimate of drug-likeness (QED) is 0.535. The molecule has 3 heterocycles. The summed E-state index contributed by atoms with van der Waals surface area (Å²) in [5, 5.41) is 19.1. The average molecular weight is 399 g/mol. The van der Waals surface area contributed by atoms with Gasteiger partial charge in [0.25, 0.3) is 0 Å². The molecule has 0 N–H and O–H groups in total. The molecule has 0 saturated heterocycles. The lowest BCUT2D eigenvalue weighted by atomic mass is 10.2. The van der Waals surface area contributed by atoms with Crippen molar-refractivity contribution in [2.24, 2.45) is 0 Å². The van der Waals surface area contributed by atoms with E-state index in [-0.39, 0.29) is 0 Å². The fourth-order valence-corrected chi connectivity index (χ4v) is 3.51. The smallest absolute Gasteiger partial charge is 0.174 e. The van der Waals surface area contributed by atoms with Crippen LogP contribution in [0.2, 0.25) is 10.0 Å². The van der Waals surface area contributed by atoms with Gasteiger partial charge in [0.2, 0.25) is 0 Å². The Bertz CT molecular complexity index is 1060. The normalized spacial score (nSPS) is 14.5. The average Bonchev–Trinajstić information content (AvgIpc) is 3.23. The molecule has 1 aromatic carbocycles. The number of nitriles is 1. The highest BCUT2D eigenvalue weighted by Gasteiger charge is 2.18. The van der Waals surface area contributed by atoms with Gasteiger partial charge in [0, 0.05) is 24.6 Å². The Morgan fingerprint density at radius 3 is 2.81 bits per heavy atom. The number of halogens is 2. The van der Waals surface area contributed by atoms with Gasteiger partial charge in [-0.15, -0.1) is 10.2 Å². The summed E-state index contributed by atoms with van der Waals surface area (Å²) in [6.45, 7) is 0.837. The van der Waals surface area contributed by atoms with Gasteiger partial charge in [-0.1, -0.05) is 29.6 Å². The van der Waals surface area contributed by atoms with Gasteiger partial charge in [-0.25, -0.2) is 0 Å². The summed E-state index contributed by atoms with van der Waals surface area (Å²) in [5.74, 6) is 2.76. The highest BCUT2D eigenvalue weighted by molar-refractivity contribution is 6.42. The van der Waals surface area contributed by atoms with Crippen LogP contribution in [0.25, 0.3) is 23.0 Å². The van der Waals surface area contributed by atoms with Gasteiger partial charge in [0.1, 0.15) is 29.0 Å². The number of fused-ring (bicyclic) bond motifs is 1. The lowest BCUT2D eigenvalue weighted by molar-refractivity contribution is 0.572. The van der Waals surface area contributed by atoms with Crippen LogP contribution in [0.15, 0.2) is 34.7 Å². The molecule has 136 valence electrons. The Balaban J connectivity index is 1.67. The van der Waals surface area contributed by atoms with Gasteiger partial charge in [-0.05, 0) is 43.2 Å². The summed E-state index contributed by atoms with van der Waals surface area (Å²) in [6, 6.07) is 11.2. The van der Waals surface area contributed by atoms with E-state index >= 15 is 0 Å². The minimum Gasteiger partial charge on any atom is -0.457 e. The summed E-state index contributed by atoms with van der Waals surface area (Å²) in [7, 11) is 0. The third-order valence-electron chi connectivity index (χ3n) is 4.59. The van der Waals surface area contributed by atoms with Crippen LogP contribution in [-0.4, -0.2) is 14.8 Å². The number of nitrogens with zero attached hydrogens (tertiary/aromatic N) is 4. The van der Waals surface area contributed by atoms with Crippen LogP contribution >= 0.6 is 23.2 Å². The molecular formula is C20H16Cl2N4O. The van der Waals surface area contributed by atoms with E-state index in [0.717, 1.165) is 37.2 Å². The first-order chi connectivity index (χ1) is 13.2. The van der Waals surface area contributed by atoms with E-state index in [2.05, 4.69) is 16.3 Å². The molecule has 0 unspecified atom stereocenters. The Morgan fingerprint density at radius 2 is 2.00 bits per heavy atom. The zero-order valence-corrected chi connectivity index (χ0v) is 16.0. The maximum atomic E-state index is 9.65. The van der Waals surface area contributed by atoms with Crippen molar-refractivity contribution in [3.05, 3.63) is 57.8 Å². The van der Waals surface area contributed by atoms with Gasteiger partial charge < -0.3 is 8.98 Å². The lowest BCUT2D eigenvalue weighted by Gasteiger charge is -2.05. The predicted octanol–water partition coefficient (Wildman–Crippen LogP) is 5.64. The molecule has 0 amide bonds. The van der Waals surface area contributed by atoms with Crippen molar-refractivity contribution in [2.75, 3.05) is 0 Å². The third-order valence-corrected chi connectivity index (χ3v) is 5.33. The Hall–Kier alpha value is -2.55. The van der Waals surface area contributed by atoms with Crippen LogP contribution in [0.5, 0.6) is 0 Å². The number of allylic oxidation sites excluding steroid dienone is 1. The van der Waals surface area contributed by atoms with Gasteiger partial charge in [0.15, 0.2) is 5.82 Å². The number of rotatable bonds is 3. The zero-order chi connectivity index (χ0) is 18.8. The molecule has 0 spiro atoms. The minimum absolute atomic E-state index is 0.436. The van der Waals surface area contributed by atoms with E-state index in [9.17, 15) is 5.26 Å². The fraction of sp³-hybridized carbons (Fsp3) is 0.250. The summed E-state index contributed by atoms with van der Waals surface area (Å²) in [4.78, 5) is 0. The number of hydrogen-bond acceptors (Lipinski definition) is 4. The first-order valence-corrected chi connectivity index (χ1v) is 9.51. The van der Waals surface area contributed by atoms with E-state index in [1.54, 1.807) is 18.2 Å². The minimum atomic E-state index is 0.436. The van der Waals surface area contributed by atoms with Crippen molar-refractivity contribution in [2.45, 2.75) is 32.2 Å². The van der Waals surface area contributed by atoms with Crippen LogP contribution in [-0.2, 0) is 13.0 Å². The summed E-state index contributed by atoms with van der Waals surface area (Å²) < 4.78 is 7.92. The number of aryl methyl sites for hydroxylation is 1. The number of aromatic nitrogens is 3. The van der Waals surface area contributed by atoms with Crippen molar-refractivity contribution < 1.29 is 4.42 Å². The maximum absolute atomic E-state index is 9.65. The van der Waals surface area contributed by atoms with E-state index in [4.69, 9.17) is 27.6 Å². The Labute approximate surface area is 166 Å². The first kappa shape index (κ1) is 17.8. The van der Waals surface area contributed by atoms with Crippen LogP contribution in [0.4, 0.5) is 0 Å². The molecule has 0 saturated carbocycles. The largest absolute Gasteiger partial charge is 0.457 e. The van der Waals surface area contributed by atoms with Crippen LogP contribution in [0, 0.1) is 11.3 Å². The van der Waals surface area contributed by atoms with Crippen LogP contribution in [0.3, 0.4) is 0 Å². The summed E-state index contributed by atoms with van der Waals surface area (Å²) >= 11 is 12.0. The molecule has 1 aliphatic heterocycles. The SMILES string of the molecule is N#C/C(=C\c1ccc(-c2ccc(Cl)c(Cl)c2)o1)c1nnc2n1CCCCC2. The molecule has 0 aliphatic carbocycles. The van der Waals surface area contributed by atoms with Crippen molar-refractivity contribution in [1.29, 1.82) is 5.26 Å². The van der Waals surface area contributed by atoms with Crippen molar-refractivity contribution in [3.63, 3.8) is 0 Å². The van der Waals surface area contributed by atoms with Gasteiger partial charge in [-0.3, -0.25) is 0 Å². The molecular weight excluding hydrogens is 383 g/mol. The second-order valence-corrected chi connectivity index (χ2v) is 7.22. The third kappa shape index (κ3) is 3.64. The number of furan rings is 1. The monoisotopic (exact) mass is 398 g/mol. The zero-order valence-electron chi connectivity index (χ0n) is 14.5. The van der Waals surface area contributed by atoms with E-state index in [1.165, 1.54) is 6.42 Å². The standard InChI is InChI=1S/C20H16Cl2N4O/c21-16-7-5-13(11-17(16)22)18-8-6-15(27-18)10-14(12-23)20-25-24-19-4-2-1-3-9-26(19)20/h5-8,10-11H,1-4,9H2/b14-10+. The highest BCUT2D eigenvalue weighted by atomic mass is 35.5. The maximum Gasteiger partial charge on any atom is 0.174 e. The molecule has 27 heavy (non-hydrogen) atoms. The van der Waals surface area contributed by atoms with E-state index in [0.29, 0.717) is 33.0 Å². The molecule has 7 heteroatoms. The van der Waals surface area contributed by atoms with Crippen LogP contribution < -0.4 is 0 Å². The second-order valence-electron chi connectivity index (χ2n) is 6.40. The number of hydrogen-bond donors (Lipinski definition) is 0. The molecule has 0 fully saturated rings. The molecule has 0 radical (unpaired) electrons. The van der Waals surface area contributed by atoms with E-state index in [1.807, 2.05) is 22.8 Å². The summed E-state index contributed by atoms with van der Waals surface area (Å²) in [6.07, 6.45) is 5.94. The molecule has 1 aliphatic rings. The molecule has 2 aromatic heterocycles. The molecule has 3 aromatic rings. The van der Waals surface area contributed by atoms with Crippen molar-refractivity contribution in [3.8, 4) is 17.4 Å². The first-order valence-electron chi connectivity index (χ1n) is 8.75.